The third-order valence-electron chi connectivity index (χ3n) is 5.13. The van der Waals surface area contributed by atoms with Crippen molar-refractivity contribution in [2.75, 3.05) is 5.32 Å². The number of non-ortho nitro benzene ring substituents is 1. The molecule has 2 aromatic heterocycles. The standard InChI is InChI=1S/C25H16N4O3S/c30-24(28-25-27-23(15-33-25)17-10-12-18(13-11-17)29(31)32)20-14-22(16-6-2-1-3-7-16)26-21-9-5-4-8-19(20)21/h1-15H,(H,27,28,30). The maximum absolute atomic E-state index is 13.2. The molecule has 33 heavy (non-hydrogen) atoms. The van der Waals surface area contributed by atoms with Crippen LogP contribution in [0.5, 0.6) is 0 Å². The number of nitrogens with zero attached hydrogens (tertiary/aromatic N) is 3. The van der Waals surface area contributed by atoms with Crippen molar-refractivity contribution in [3.8, 4) is 22.5 Å². The Labute approximate surface area is 192 Å². The first-order valence-electron chi connectivity index (χ1n) is 10.1. The van der Waals surface area contributed by atoms with Crippen LogP contribution in [-0.4, -0.2) is 20.8 Å². The topological polar surface area (TPSA) is 98.0 Å². The van der Waals surface area contributed by atoms with Crippen LogP contribution in [0.25, 0.3) is 33.4 Å². The lowest BCUT2D eigenvalue weighted by molar-refractivity contribution is -0.384. The normalized spacial score (nSPS) is 10.8. The Morgan fingerprint density at radius 3 is 2.30 bits per heavy atom. The van der Waals surface area contributed by atoms with Crippen molar-refractivity contribution in [2.24, 2.45) is 0 Å². The molecule has 5 rings (SSSR count). The van der Waals surface area contributed by atoms with Gasteiger partial charge in [-0.3, -0.25) is 20.2 Å². The number of thiazole rings is 1. The molecule has 1 N–H and O–H groups in total. The van der Waals surface area contributed by atoms with Gasteiger partial charge in [0.15, 0.2) is 5.13 Å². The molecule has 0 bridgehead atoms. The summed E-state index contributed by atoms with van der Waals surface area (Å²) in [4.78, 5) is 32.8. The number of rotatable bonds is 5. The van der Waals surface area contributed by atoms with E-state index in [-0.39, 0.29) is 11.6 Å². The molecular formula is C25H16N4O3S. The second-order valence-electron chi connectivity index (χ2n) is 7.23. The summed E-state index contributed by atoms with van der Waals surface area (Å²) in [6.07, 6.45) is 0. The van der Waals surface area contributed by atoms with E-state index in [1.165, 1.54) is 23.5 Å². The van der Waals surface area contributed by atoms with Gasteiger partial charge in [-0.05, 0) is 24.3 Å². The van der Waals surface area contributed by atoms with Crippen LogP contribution >= 0.6 is 11.3 Å². The van der Waals surface area contributed by atoms with Gasteiger partial charge in [-0.15, -0.1) is 11.3 Å². The van der Waals surface area contributed by atoms with Crippen LogP contribution in [0.1, 0.15) is 10.4 Å². The lowest BCUT2D eigenvalue weighted by atomic mass is 10.0. The van der Waals surface area contributed by atoms with Crippen molar-refractivity contribution in [2.45, 2.75) is 0 Å². The zero-order valence-electron chi connectivity index (χ0n) is 17.1. The molecule has 3 aromatic carbocycles. The van der Waals surface area contributed by atoms with Crippen LogP contribution in [0.2, 0.25) is 0 Å². The largest absolute Gasteiger partial charge is 0.298 e. The Morgan fingerprint density at radius 2 is 1.55 bits per heavy atom. The Kier molecular flexibility index (Phi) is 5.34. The third-order valence-corrected chi connectivity index (χ3v) is 5.89. The van der Waals surface area contributed by atoms with Crippen LogP contribution in [-0.2, 0) is 0 Å². The highest BCUT2D eigenvalue weighted by Gasteiger charge is 2.16. The zero-order valence-corrected chi connectivity index (χ0v) is 18.0. The van der Waals surface area contributed by atoms with Gasteiger partial charge in [-0.2, -0.15) is 0 Å². The van der Waals surface area contributed by atoms with Crippen LogP contribution in [0, 0.1) is 10.1 Å². The van der Waals surface area contributed by atoms with Gasteiger partial charge in [-0.25, -0.2) is 9.97 Å². The quantitative estimate of drug-likeness (QED) is 0.253. The van der Waals surface area contributed by atoms with E-state index < -0.39 is 4.92 Å². The van der Waals surface area contributed by atoms with Crippen molar-refractivity contribution < 1.29 is 9.72 Å². The minimum atomic E-state index is -0.445. The molecular weight excluding hydrogens is 436 g/mol. The number of nitro groups is 1. The van der Waals surface area contributed by atoms with Crippen LogP contribution in [0.15, 0.2) is 90.3 Å². The molecule has 160 valence electrons. The predicted molar refractivity (Wildman–Crippen MR) is 129 cm³/mol. The number of pyridine rings is 1. The Balaban J connectivity index is 1.46. The SMILES string of the molecule is O=C(Nc1nc(-c2ccc([N+](=O)[O-])cc2)cs1)c1cc(-c2ccccc2)nc2ccccc12. The summed E-state index contributed by atoms with van der Waals surface area (Å²) in [6, 6.07) is 25.2. The van der Waals surface area contributed by atoms with E-state index in [1.807, 2.05) is 54.6 Å². The Bertz CT molecular complexity index is 1480. The fourth-order valence-corrected chi connectivity index (χ4v) is 4.22. The molecule has 1 amide bonds. The second kappa shape index (κ2) is 8.60. The van der Waals surface area contributed by atoms with Gasteiger partial charge >= 0.3 is 0 Å². The maximum atomic E-state index is 13.2. The van der Waals surface area contributed by atoms with E-state index in [2.05, 4.69) is 10.3 Å². The number of anilines is 1. The van der Waals surface area contributed by atoms with E-state index in [1.54, 1.807) is 23.6 Å². The smallest absolute Gasteiger partial charge is 0.269 e. The molecule has 0 spiro atoms. The van der Waals surface area contributed by atoms with Gasteiger partial charge < -0.3 is 0 Å². The van der Waals surface area contributed by atoms with E-state index in [0.29, 0.717) is 22.1 Å². The number of carbonyl (C=O) groups is 1. The number of aromatic nitrogens is 2. The lowest BCUT2D eigenvalue weighted by Gasteiger charge is -2.09. The first kappa shape index (κ1) is 20.5. The van der Waals surface area contributed by atoms with Crippen molar-refractivity contribution in [1.82, 2.24) is 9.97 Å². The molecule has 2 heterocycles. The lowest BCUT2D eigenvalue weighted by Crippen LogP contribution is -2.13. The highest BCUT2D eigenvalue weighted by molar-refractivity contribution is 7.14. The summed E-state index contributed by atoms with van der Waals surface area (Å²) in [7, 11) is 0. The van der Waals surface area contributed by atoms with E-state index >= 15 is 0 Å². The van der Waals surface area contributed by atoms with E-state index in [9.17, 15) is 14.9 Å². The summed E-state index contributed by atoms with van der Waals surface area (Å²) in [6.45, 7) is 0. The van der Waals surface area contributed by atoms with E-state index in [0.717, 1.165) is 22.0 Å². The molecule has 0 atom stereocenters. The number of carbonyl (C=O) groups excluding carboxylic acids is 1. The minimum absolute atomic E-state index is 0.0151. The number of hydrogen-bond acceptors (Lipinski definition) is 6. The number of nitro benzene ring substituents is 1. The third kappa shape index (κ3) is 4.19. The van der Waals surface area contributed by atoms with Crippen molar-refractivity contribution in [3.63, 3.8) is 0 Å². The Morgan fingerprint density at radius 1 is 0.848 bits per heavy atom. The molecule has 0 aliphatic carbocycles. The molecule has 7 nitrogen and oxygen atoms in total. The first-order valence-corrected chi connectivity index (χ1v) is 10.9. The zero-order chi connectivity index (χ0) is 22.8. The Hall–Kier alpha value is -4.43. The molecule has 0 radical (unpaired) electrons. The summed E-state index contributed by atoms with van der Waals surface area (Å²) in [5.74, 6) is -0.282. The monoisotopic (exact) mass is 452 g/mol. The first-order chi connectivity index (χ1) is 16.1. The fourth-order valence-electron chi connectivity index (χ4n) is 3.50. The number of nitrogens with one attached hydrogen (secondary N) is 1. The highest BCUT2D eigenvalue weighted by atomic mass is 32.1. The molecule has 0 saturated carbocycles. The molecule has 8 heteroatoms. The summed E-state index contributed by atoms with van der Waals surface area (Å²) < 4.78 is 0. The van der Waals surface area contributed by atoms with Crippen molar-refractivity contribution >= 4 is 39.0 Å². The second-order valence-corrected chi connectivity index (χ2v) is 8.09. The maximum Gasteiger partial charge on any atom is 0.269 e. The molecule has 0 aliphatic rings. The molecule has 0 aliphatic heterocycles. The van der Waals surface area contributed by atoms with Gasteiger partial charge in [0.05, 0.1) is 27.4 Å². The van der Waals surface area contributed by atoms with Crippen LogP contribution in [0.4, 0.5) is 10.8 Å². The average Bonchev–Trinajstić information content (AvgIpc) is 3.32. The summed E-state index contributed by atoms with van der Waals surface area (Å²) in [5.41, 5.74) is 4.26. The van der Waals surface area contributed by atoms with E-state index in [4.69, 9.17) is 4.98 Å². The van der Waals surface area contributed by atoms with Gasteiger partial charge in [-0.1, -0.05) is 48.5 Å². The van der Waals surface area contributed by atoms with Gasteiger partial charge in [0.25, 0.3) is 11.6 Å². The molecule has 0 saturated heterocycles. The van der Waals surface area contributed by atoms with Gasteiger partial charge in [0, 0.05) is 34.0 Å². The van der Waals surface area contributed by atoms with Crippen LogP contribution in [0.3, 0.4) is 0 Å². The van der Waals surface area contributed by atoms with Crippen molar-refractivity contribution in [1.29, 1.82) is 0 Å². The molecule has 0 unspecified atom stereocenters. The number of amides is 1. The number of benzene rings is 3. The number of fused-ring (bicyclic) bond motifs is 1. The number of hydrogen-bond donors (Lipinski definition) is 1. The summed E-state index contributed by atoms with van der Waals surface area (Å²) in [5, 5.41) is 16.7. The summed E-state index contributed by atoms with van der Waals surface area (Å²) >= 11 is 1.29. The minimum Gasteiger partial charge on any atom is -0.298 e. The predicted octanol–water partition coefficient (Wildman–Crippen LogP) is 6.19. The van der Waals surface area contributed by atoms with Gasteiger partial charge in [0.1, 0.15) is 0 Å². The molecule has 5 aromatic rings. The number of para-hydroxylation sites is 1. The average molecular weight is 452 g/mol. The fraction of sp³-hybridized carbons (Fsp3) is 0. The van der Waals surface area contributed by atoms with Crippen molar-refractivity contribution in [3.05, 3.63) is 106 Å². The van der Waals surface area contributed by atoms with Gasteiger partial charge in [0.2, 0.25) is 0 Å². The van der Waals surface area contributed by atoms with Crippen LogP contribution < -0.4 is 5.32 Å². The highest BCUT2D eigenvalue weighted by Crippen LogP contribution is 2.29. The molecule has 0 fully saturated rings.